The molecule has 4 heterocycles. The second-order valence-electron chi connectivity index (χ2n) is 11.2. The van der Waals surface area contributed by atoms with Crippen LogP contribution in [0.4, 0.5) is 0 Å². The van der Waals surface area contributed by atoms with E-state index in [1.807, 2.05) is 0 Å². The summed E-state index contributed by atoms with van der Waals surface area (Å²) < 4.78 is 44.9. The number of ether oxygens (including phenoxy) is 7. The average molecular weight is 647 g/mol. The van der Waals surface area contributed by atoms with Crippen LogP contribution in [0.25, 0.3) is 11.0 Å². The summed E-state index contributed by atoms with van der Waals surface area (Å²) in [7, 11) is 1.35. The van der Waals surface area contributed by atoms with Gasteiger partial charge in [-0.15, -0.1) is 0 Å². The van der Waals surface area contributed by atoms with Crippen LogP contribution in [0.3, 0.4) is 0 Å². The minimum absolute atomic E-state index is 0.0490. The predicted octanol–water partition coefficient (Wildman–Crippen LogP) is -3.32. The first-order valence-electron chi connectivity index (χ1n) is 14.3. The van der Waals surface area contributed by atoms with Crippen molar-refractivity contribution in [1.29, 1.82) is 0 Å². The van der Waals surface area contributed by atoms with Crippen molar-refractivity contribution in [3.8, 4) is 11.5 Å². The first kappa shape index (κ1) is 33.9. The molecule has 0 spiro atoms. The molecule has 1 aromatic carbocycles. The molecular formula is C28H38O17. The van der Waals surface area contributed by atoms with Gasteiger partial charge in [-0.25, -0.2) is 4.79 Å². The molecule has 3 aliphatic heterocycles. The van der Waals surface area contributed by atoms with Gasteiger partial charge in [0, 0.05) is 17.5 Å². The number of hydrogen-bond acceptors (Lipinski definition) is 17. The maximum absolute atomic E-state index is 11.8. The van der Waals surface area contributed by atoms with Crippen LogP contribution in [-0.2, 0) is 23.7 Å². The number of aliphatic hydroxyl groups excluding tert-OH is 8. The molecule has 15 atom stereocenters. The highest BCUT2D eigenvalue weighted by molar-refractivity contribution is 5.80. The van der Waals surface area contributed by atoms with E-state index in [4.69, 9.17) is 37.6 Å². The van der Waals surface area contributed by atoms with Crippen LogP contribution in [0.5, 0.6) is 11.5 Å². The van der Waals surface area contributed by atoms with E-state index in [0.29, 0.717) is 5.39 Å². The molecule has 0 radical (unpaired) electrons. The molecule has 252 valence electrons. The zero-order valence-corrected chi connectivity index (χ0v) is 24.4. The Morgan fingerprint density at radius 1 is 0.689 bits per heavy atom. The van der Waals surface area contributed by atoms with Crippen LogP contribution in [-0.4, -0.2) is 147 Å². The molecule has 17 heteroatoms. The second-order valence-corrected chi connectivity index (χ2v) is 11.2. The van der Waals surface area contributed by atoms with E-state index < -0.39 is 104 Å². The minimum atomic E-state index is -1.82. The summed E-state index contributed by atoms with van der Waals surface area (Å²) in [6, 6.07) is 5.56. The van der Waals surface area contributed by atoms with Crippen molar-refractivity contribution >= 4 is 11.0 Å². The molecule has 3 saturated heterocycles. The molecule has 1 aromatic heterocycles. The summed E-state index contributed by atoms with van der Waals surface area (Å²) in [6.45, 7) is 2.35. The van der Waals surface area contributed by atoms with Crippen molar-refractivity contribution in [2.24, 2.45) is 0 Å². The third-order valence-electron chi connectivity index (χ3n) is 8.13. The zero-order valence-electron chi connectivity index (χ0n) is 24.4. The fourth-order valence-corrected chi connectivity index (χ4v) is 5.36. The number of hydrogen-bond donors (Lipinski definition) is 8. The predicted molar refractivity (Wildman–Crippen MR) is 146 cm³/mol. The standard InChI is InChI=1S/C28H38O17/c1-9-17(30)20(33)23(36)26(40-9)39-8-15-19(32)22(35)25(45-27-24(37)21(34)18(31)10(2)41-27)28(44-15)43-14-7-12-11(6-13(14)38-3)4-5-16(29)42-12/h4-7,9-10,15,17-28,30-37H,8H2,1-3H3/t9-,10-,15+,17+,18-,19+,20-,21+,22-,23+,24+,25+,26-,27+,28+/m1/s1. The van der Waals surface area contributed by atoms with Crippen LogP contribution < -0.4 is 15.1 Å². The van der Waals surface area contributed by atoms with Gasteiger partial charge >= 0.3 is 5.63 Å². The summed E-state index contributed by atoms with van der Waals surface area (Å²) >= 11 is 0. The van der Waals surface area contributed by atoms with Gasteiger partial charge in [0.1, 0.15) is 60.5 Å². The quantitative estimate of drug-likeness (QED) is 0.131. The molecule has 0 saturated carbocycles. The Hall–Kier alpha value is -2.49. The summed E-state index contributed by atoms with van der Waals surface area (Å²) in [5.74, 6) is 0.0978. The molecule has 5 rings (SSSR count). The fourth-order valence-electron chi connectivity index (χ4n) is 5.36. The maximum atomic E-state index is 11.8. The minimum Gasteiger partial charge on any atom is -0.493 e. The Balaban J connectivity index is 1.42. The van der Waals surface area contributed by atoms with Crippen molar-refractivity contribution in [1.82, 2.24) is 0 Å². The smallest absolute Gasteiger partial charge is 0.336 e. The zero-order chi connectivity index (χ0) is 32.7. The molecule has 45 heavy (non-hydrogen) atoms. The van der Waals surface area contributed by atoms with Gasteiger partial charge in [0.25, 0.3) is 0 Å². The molecule has 17 nitrogen and oxygen atoms in total. The Morgan fingerprint density at radius 2 is 1.31 bits per heavy atom. The van der Waals surface area contributed by atoms with E-state index >= 15 is 0 Å². The van der Waals surface area contributed by atoms with Gasteiger partial charge in [-0.05, 0) is 26.0 Å². The van der Waals surface area contributed by atoms with Crippen LogP contribution in [0.2, 0.25) is 0 Å². The number of benzene rings is 1. The highest BCUT2D eigenvalue weighted by Gasteiger charge is 2.52. The highest BCUT2D eigenvalue weighted by atomic mass is 16.8. The lowest BCUT2D eigenvalue weighted by molar-refractivity contribution is -0.360. The first-order valence-corrected chi connectivity index (χ1v) is 14.3. The molecular weight excluding hydrogens is 608 g/mol. The Labute approximate surface area is 255 Å². The number of fused-ring (bicyclic) bond motifs is 1. The summed E-state index contributed by atoms with van der Waals surface area (Å²) in [5, 5.41) is 83.9. The lowest BCUT2D eigenvalue weighted by atomic mass is 9.97. The molecule has 0 amide bonds. The van der Waals surface area contributed by atoms with Crippen LogP contribution in [0.1, 0.15) is 13.8 Å². The van der Waals surface area contributed by atoms with E-state index in [0.717, 1.165) is 0 Å². The van der Waals surface area contributed by atoms with E-state index in [1.165, 1.54) is 45.2 Å². The Kier molecular flexibility index (Phi) is 10.3. The van der Waals surface area contributed by atoms with E-state index in [1.54, 1.807) is 0 Å². The Bertz CT molecular complexity index is 1350. The number of rotatable bonds is 8. The van der Waals surface area contributed by atoms with Crippen molar-refractivity contribution < 1.29 is 78.4 Å². The lowest BCUT2D eigenvalue weighted by Gasteiger charge is -2.46. The van der Waals surface area contributed by atoms with Gasteiger partial charge in [-0.3, -0.25) is 0 Å². The number of aliphatic hydroxyl groups is 8. The van der Waals surface area contributed by atoms with Crippen LogP contribution in [0, 0.1) is 0 Å². The molecule has 0 aliphatic carbocycles. The van der Waals surface area contributed by atoms with Crippen molar-refractivity contribution in [3.05, 3.63) is 34.7 Å². The Morgan fingerprint density at radius 3 is 1.96 bits per heavy atom. The van der Waals surface area contributed by atoms with Crippen LogP contribution >= 0.6 is 0 Å². The maximum Gasteiger partial charge on any atom is 0.336 e. The monoisotopic (exact) mass is 646 g/mol. The molecule has 3 aliphatic rings. The SMILES string of the molecule is COc1cc2ccc(=O)oc2cc1O[C@H]1O[C@@H](CO[C@@H]2O[C@H](C)[C@H](O)[C@@H](O)[C@@H]2O)[C@H](O)[C@@H](O)[C@@H]1O[C@@H]1O[C@H](C)[C@@H](O)[C@H](O)[C@@H]1O. The molecule has 3 fully saturated rings. The first-order chi connectivity index (χ1) is 21.3. The van der Waals surface area contributed by atoms with Gasteiger partial charge in [0.15, 0.2) is 30.2 Å². The van der Waals surface area contributed by atoms with E-state index in [2.05, 4.69) is 0 Å². The summed E-state index contributed by atoms with van der Waals surface area (Å²) in [4.78, 5) is 11.8. The average Bonchev–Trinajstić information content (AvgIpc) is 3.02. The highest BCUT2D eigenvalue weighted by Crippen LogP contribution is 2.36. The third-order valence-corrected chi connectivity index (χ3v) is 8.13. The van der Waals surface area contributed by atoms with Gasteiger partial charge in [-0.2, -0.15) is 0 Å². The van der Waals surface area contributed by atoms with Gasteiger partial charge in [0.2, 0.25) is 6.29 Å². The summed E-state index contributed by atoms with van der Waals surface area (Å²) in [5.41, 5.74) is -0.524. The lowest BCUT2D eigenvalue weighted by Crippen LogP contribution is -2.65. The van der Waals surface area contributed by atoms with Crippen molar-refractivity contribution in [2.75, 3.05) is 13.7 Å². The van der Waals surface area contributed by atoms with Crippen molar-refractivity contribution in [3.63, 3.8) is 0 Å². The van der Waals surface area contributed by atoms with Crippen molar-refractivity contribution in [2.45, 2.75) is 106 Å². The van der Waals surface area contributed by atoms with Crippen LogP contribution in [0.15, 0.2) is 33.5 Å². The van der Waals surface area contributed by atoms with E-state index in [-0.39, 0.29) is 17.1 Å². The fraction of sp³-hybridized carbons (Fsp3) is 0.679. The van der Waals surface area contributed by atoms with Gasteiger partial charge in [0.05, 0.1) is 25.9 Å². The van der Waals surface area contributed by atoms with Gasteiger partial charge < -0.3 is 78.4 Å². The number of methoxy groups -OCH3 is 1. The summed E-state index contributed by atoms with van der Waals surface area (Å²) in [6.07, 6.45) is -22.7. The molecule has 2 aromatic rings. The second kappa shape index (κ2) is 13.7. The molecule has 0 bridgehead atoms. The van der Waals surface area contributed by atoms with Gasteiger partial charge in [-0.1, -0.05) is 0 Å². The largest absolute Gasteiger partial charge is 0.493 e. The topological polar surface area (TPSA) is 257 Å². The molecule has 0 unspecified atom stereocenters. The normalized spacial score (nSPS) is 42.4. The van der Waals surface area contributed by atoms with E-state index in [9.17, 15) is 45.6 Å². The molecule has 8 N–H and O–H groups in total. The third kappa shape index (κ3) is 6.82.